The number of imidazole rings is 1. The number of aromatic nitrogens is 6. The van der Waals surface area contributed by atoms with Gasteiger partial charge in [-0.3, -0.25) is 9.20 Å². The molecule has 4 saturated carbocycles. The molecule has 1 amide bonds. The maximum Gasteiger partial charge on any atom is 0.513 e. The third-order valence-corrected chi connectivity index (χ3v) is 7.55. The molecule has 3 aromatic rings. The van der Waals surface area contributed by atoms with E-state index < -0.39 is 6.16 Å². The lowest BCUT2D eigenvalue weighted by Gasteiger charge is -2.56. The third-order valence-electron chi connectivity index (χ3n) is 7.55. The van der Waals surface area contributed by atoms with Gasteiger partial charge in [0.15, 0.2) is 0 Å². The molecule has 7 rings (SSSR count). The normalized spacial score (nSPS) is 27.7. The van der Waals surface area contributed by atoms with Gasteiger partial charge in [-0.1, -0.05) is 11.2 Å². The maximum absolute atomic E-state index is 13.2. The van der Waals surface area contributed by atoms with Crippen LogP contribution in [0.3, 0.4) is 0 Å². The summed E-state index contributed by atoms with van der Waals surface area (Å²) in [5.74, 6) is 2.41. The van der Waals surface area contributed by atoms with Crippen molar-refractivity contribution < 1.29 is 19.4 Å². The van der Waals surface area contributed by atoms with E-state index in [0.717, 1.165) is 24.3 Å². The fourth-order valence-corrected chi connectivity index (χ4v) is 6.79. The summed E-state index contributed by atoms with van der Waals surface area (Å²) < 4.78 is 7.51. The second-order valence-corrected chi connectivity index (χ2v) is 9.96. The summed E-state index contributed by atoms with van der Waals surface area (Å²) in [6, 6.07) is 5.16. The highest BCUT2D eigenvalue weighted by atomic mass is 16.7. The van der Waals surface area contributed by atoms with Crippen molar-refractivity contribution in [3.05, 3.63) is 35.8 Å². The predicted molar refractivity (Wildman–Crippen MR) is 114 cm³/mol. The summed E-state index contributed by atoms with van der Waals surface area (Å²) in [6.45, 7) is 0.833. The summed E-state index contributed by atoms with van der Waals surface area (Å²) in [5.41, 5.74) is 1.95. The molecule has 4 bridgehead atoms. The monoisotopic (exact) mass is 451 g/mol. The zero-order chi connectivity index (χ0) is 22.6. The first kappa shape index (κ1) is 20.1. The fourth-order valence-electron chi connectivity index (χ4n) is 6.79. The van der Waals surface area contributed by atoms with Crippen LogP contribution < -0.4 is 10.1 Å². The summed E-state index contributed by atoms with van der Waals surface area (Å²) in [6.07, 6.45) is 8.10. The van der Waals surface area contributed by atoms with Crippen LogP contribution in [0.4, 0.5) is 4.79 Å². The first-order valence-corrected chi connectivity index (χ1v) is 11.4. The second kappa shape index (κ2) is 7.53. The van der Waals surface area contributed by atoms with E-state index in [4.69, 9.17) is 5.11 Å². The van der Waals surface area contributed by atoms with Crippen LogP contribution in [0.1, 0.15) is 54.7 Å². The topological polar surface area (TPSA) is 137 Å². The van der Waals surface area contributed by atoms with Crippen LogP contribution in [0.25, 0.3) is 5.65 Å². The molecule has 11 nitrogen and oxygen atoms in total. The number of ether oxygens (including phenoxy) is 1. The number of carbonyl (C=O) groups is 2. The van der Waals surface area contributed by atoms with Crippen molar-refractivity contribution in [2.75, 3.05) is 6.54 Å². The van der Waals surface area contributed by atoms with Crippen molar-refractivity contribution in [1.29, 1.82) is 0 Å². The van der Waals surface area contributed by atoms with Gasteiger partial charge in [-0.2, -0.15) is 4.68 Å². The minimum Gasteiger partial charge on any atom is -0.449 e. The molecule has 3 heterocycles. The van der Waals surface area contributed by atoms with Gasteiger partial charge < -0.3 is 15.2 Å². The van der Waals surface area contributed by atoms with Crippen LogP contribution in [0.2, 0.25) is 0 Å². The molecule has 0 saturated heterocycles. The fraction of sp³-hybridized carbons (Fsp3) is 0.545. The number of rotatable bonds is 6. The number of amides is 1. The lowest BCUT2D eigenvalue weighted by molar-refractivity contribution is -0.0503. The molecular formula is C22H25N7O4. The number of tetrazole rings is 1. The Balaban J connectivity index is 1.19. The molecular weight excluding hydrogens is 426 g/mol. The number of hydrogen-bond acceptors (Lipinski definition) is 7. The van der Waals surface area contributed by atoms with Gasteiger partial charge in [0.25, 0.3) is 5.91 Å². The van der Waals surface area contributed by atoms with E-state index in [9.17, 15) is 9.59 Å². The number of pyridine rings is 1. The van der Waals surface area contributed by atoms with Crippen molar-refractivity contribution in [1.82, 2.24) is 34.9 Å². The number of fused-ring (bicyclic) bond motifs is 1. The van der Waals surface area contributed by atoms with Gasteiger partial charge in [0.1, 0.15) is 11.3 Å². The van der Waals surface area contributed by atoms with E-state index in [1.165, 1.54) is 43.2 Å². The molecule has 0 aliphatic heterocycles. The standard InChI is InChI=1S/C22H25N7O4/c30-19(23-12-22-7-13-4-14(8-22)6-15(5-13)9-22)17-2-1-3-18-24-16(10-28(17)18)11-29-20(25-26-27-29)33-21(31)32/h1-3,10,13-15H,4-9,11-12H2,(H,23,30)(H,31,32). The lowest BCUT2D eigenvalue weighted by atomic mass is 9.49. The van der Waals surface area contributed by atoms with E-state index in [2.05, 4.69) is 30.6 Å². The SMILES string of the molecule is O=C(O)Oc1nnnn1Cc1cn2c(C(=O)NCC34CC5CC(CC(C5)C3)C4)cccc2n1. The van der Waals surface area contributed by atoms with E-state index >= 15 is 0 Å². The average Bonchev–Trinajstić information content (AvgIpc) is 3.37. The van der Waals surface area contributed by atoms with Gasteiger partial charge in [-0.25, -0.2) is 9.78 Å². The van der Waals surface area contributed by atoms with Crippen molar-refractivity contribution in [2.45, 2.75) is 45.1 Å². The zero-order valence-electron chi connectivity index (χ0n) is 18.1. The summed E-state index contributed by atoms with van der Waals surface area (Å²) in [7, 11) is 0. The summed E-state index contributed by atoms with van der Waals surface area (Å²) >= 11 is 0. The van der Waals surface area contributed by atoms with Crippen LogP contribution in [0.5, 0.6) is 6.01 Å². The van der Waals surface area contributed by atoms with Crippen molar-refractivity contribution >= 4 is 17.7 Å². The molecule has 0 radical (unpaired) electrons. The largest absolute Gasteiger partial charge is 0.513 e. The predicted octanol–water partition coefficient (Wildman–Crippen LogP) is 2.37. The van der Waals surface area contributed by atoms with Gasteiger partial charge in [0.2, 0.25) is 0 Å². The minimum atomic E-state index is -1.50. The Morgan fingerprint density at radius 1 is 1.15 bits per heavy atom. The van der Waals surface area contributed by atoms with Gasteiger partial charge >= 0.3 is 12.2 Å². The summed E-state index contributed by atoms with van der Waals surface area (Å²) in [4.78, 5) is 28.5. The highest BCUT2D eigenvalue weighted by Gasteiger charge is 2.50. The lowest BCUT2D eigenvalue weighted by Crippen LogP contribution is -2.51. The van der Waals surface area contributed by atoms with Crippen LogP contribution in [0, 0.1) is 23.2 Å². The van der Waals surface area contributed by atoms with Crippen LogP contribution in [-0.2, 0) is 6.54 Å². The molecule has 33 heavy (non-hydrogen) atoms. The van der Waals surface area contributed by atoms with Crippen LogP contribution in [0.15, 0.2) is 24.4 Å². The average molecular weight is 451 g/mol. The Kier molecular flexibility index (Phi) is 4.59. The highest BCUT2D eigenvalue weighted by Crippen LogP contribution is 2.59. The quantitative estimate of drug-likeness (QED) is 0.545. The molecule has 4 aliphatic carbocycles. The molecule has 0 unspecified atom stereocenters. The van der Waals surface area contributed by atoms with Gasteiger partial charge in [-0.15, -0.1) is 0 Å². The van der Waals surface area contributed by atoms with E-state index in [-0.39, 0.29) is 23.9 Å². The molecule has 2 N–H and O–H groups in total. The van der Waals surface area contributed by atoms with Gasteiger partial charge in [0, 0.05) is 12.7 Å². The molecule has 0 spiro atoms. The first-order chi connectivity index (χ1) is 16.0. The number of nitrogens with zero attached hydrogens (tertiary/aromatic N) is 6. The van der Waals surface area contributed by atoms with Crippen LogP contribution in [-0.4, -0.2) is 53.3 Å². The van der Waals surface area contributed by atoms with Crippen LogP contribution >= 0.6 is 0 Å². The van der Waals surface area contributed by atoms with E-state index in [1.807, 2.05) is 12.1 Å². The Labute approximate surface area is 189 Å². The molecule has 0 atom stereocenters. The third kappa shape index (κ3) is 3.70. The number of carbonyl (C=O) groups excluding carboxylic acids is 1. The van der Waals surface area contributed by atoms with E-state index in [1.54, 1.807) is 16.7 Å². The first-order valence-electron chi connectivity index (χ1n) is 11.4. The molecule has 4 fully saturated rings. The summed E-state index contributed by atoms with van der Waals surface area (Å²) in [5, 5.41) is 22.8. The minimum absolute atomic E-state index is 0.103. The highest BCUT2D eigenvalue weighted by molar-refractivity contribution is 5.93. The van der Waals surface area contributed by atoms with Gasteiger partial charge in [-0.05, 0) is 84.3 Å². The Bertz CT molecular complexity index is 1200. The Morgan fingerprint density at radius 2 is 1.88 bits per heavy atom. The molecule has 4 aliphatic rings. The number of nitrogens with one attached hydrogen (secondary N) is 1. The van der Waals surface area contributed by atoms with E-state index in [0.29, 0.717) is 17.0 Å². The van der Waals surface area contributed by atoms with Crippen molar-refractivity contribution in [2.24, 2.45) is 23.2 Å². The molecule has 3 aromatic heterocycles. The second-order valence-electron chi connectivity index (χ2n) is 9.96. The molecule has 0 aromatic carbocycles. The number of carboxylic acid groups (broad SMARTS) is 1. The Hall–Kier alpha value is -3.50. The molecule has 172 valence electrons. The maximum atomic E-state index is 13.2. The smallest absolute Gasteiger partial charge is 0.449 e. The zero-order valence-corrected chi connectivity index (χ0v) is 18.1. The van der Waals surface area contributed by atoms with Crippen molar-refractivity contribution in [3.8, 4) is 6.01 Å². The van der Waals surface area contributed by atoms with Gasteiger partial charge in [0.05, 0.1) is 12.2 Å². The number of hydrogen-bond donors (Lipinski definition) is 2. The Morgan fingerprint density at radius 3 is 2.58 bits per heavy atom. The van der Waals surface area contributed by atoms with Crippen molar-refractivity contribution in [3.63, 3.8) is 0 Å². The molecule has 11 heteroatoms.